The van der Waals surface area contributed by atoms with Crippen molar-refractivity contribution >= 4 is 28.7 Å². The van der Waals surface area contributed by atoms with Crippen LogP contribution in [0, 0.1) is 0 Å². The average molecular weight is 353 g/mol. The summed E-state index contributed by atoms with van der Waals surface area (Å²) in [5, 5.41) is 0. The minimum absolute atomic E-state index is 0.0628. The van der Waals surface area contributed by atoms with Gasteiger partial charge in [0.1, 0.15) is 11.2 Å². The fraction of sp³-hybridized carbons (Fsp3) is 0.917. The van der Waals surface area contributed by atoms with Crippen LogP contribution in [0.4, 0.5) is 4.79 Å². The molecule has 0 aliphatic carbocycles. The number of amides is 1. The van der Waals surface area contributed by atoms with Crippen LogP contribution >= 0.6 is 22.6 Å². The van der Waals surface area contributed by atoms with Gasteiger partial charge >= 0.3 is 6.09 Å². The van der Waals surface area contributed by atoms with Gasteiger partial charge in [0.2, 0.25) is 0 Å². The van der Waals surface area contributed by atoms with Gasteiger partial charge in [-0.25, -0.2) is 4.79 Å². The third-order valence-corrected chi connectivity index (χ3v) is 4.10. The van der Waals surface area contributed by atoms with Crippen molar-refractivity contribution in [3.05, 3.63) is 0 Å². The Hall–Kier alpha value is -0.0400. The zero-order chi connectivity index (χ0) is 12.7. The Labute approximate surface area is 116 Å². The Kier molecular flexibility index (Phi) is 3.60. The first kappa shape index (κ1) is 13.4. The SMILES string of the molecule is CC(C)(C)OC(=O)N1CC2(CC[C@@H](CI)O2)C1. The fourth-order valence-electron chi connectivity index (χ4n) is 2.34. The predicted molar refractivity (Wildman–Crippen MR) is 73.5 cm³/mol. The molecule has 2 heterocycles. The molecule has 98 valence electrons. The van der Waals surface area contributed by atoms with Gasteiger partial charge in [0.05, 0.1) is 19.2 Å². The van der Waals surface area contributed by atoms with Crippen molar-refractivity contribution in [1.29, 1.82) is 0 Å². The van der Waals surface area contributed by atoms with Crippen LogP contribution < -0.4 is 0 Å². The molecule has 0 saturated carbocycles. The maximum absolute atomic E-state index is 11.8. The molecule has 1 amide bonds. The van der Waals surface area contributed by atoms with Crippen molar-refractivity contribution in [3.63, 3.8) is 0 Å². The summed E-state index contributed by atoms with van der Waals surface area (Å²) in [5.41, 5.74) is -0.478. The summed E-state index contributed by atoms with van der Waals surface area (Å²) >= 11 is 2.35. The molecular formula is C12H20INO3. The molecule has 0 N–H and O–H groups in total. The molecule has 1 spiro atoms. The number of hydrogen-bond acceptors (Lipinski definition) is 3. The average Bonchev–Trinajstić information content (AvgIpc) is 2.56. The number of nitrogens with zero attached hydrogens (tertiary/aromatic N) is 1. The lowest BCUT2D eigenvalue weighted by molar-refractivity contribution is -0.126. The molecule has 2 aliphatic heterocycles. The summed E-state index contributed by atoms with van der Waals surface area (Å²) in [6.07, 6.45) is 2.34. The number of hydrogen-bond donors (Lipinski definition) is 0. The monoisotopic (exact) mass is 353 g/mol. The van der Waals surface area contributed by atoms with Gasteiger partial charge in [-0.1, -0.05) is 22.6 Å². The first-order valence-corrected chi connectivity index (χ1v) is 7.58. The number of rotatable bonds is 1. The number of likely N-dealkylation sites (tertiary alicyclic amines) is 1. The van der Waals surface area contributed by atoms with E-state index in [2.05, 4.69) is 22.6 Å². The summed E-state index contributed by atoms with van der Waals surface area (Å²) in [6, 6.07) is 0. The molecule has 2 aliphatic rings. The van der Waals surface area contributed by atoms with Crippen molar-refractivity contribution in [2.45, 2.75) is 50.9 Å². The molecule has 0 aromatic heterocycles. The minimum Gasteiger partial charge on any atom is -0.444 e. The number of carbonyl (C=O) groups is 1. The molecule has 0 aromatic rings. The van der Waals surface area contributed by atoms with Crippen LogP contribution in [-0.4, -0.2) is 45.8 Å². The van der Waals surface area contributed by atoms with E-state index < -0.39 is 5.60 Å². The van der Waals surface area contributed by atoms with Gasteiger partial charge in [-0.05, 0) is 33.6 Å². The van der Waals surface area contributed by atoms with Crippen molar-refractivity contribution in [3.8, 4) is 0 Å². The van der Waals surface area contributed by atoms with Crippen LogP contribution in [-0.2, 0) is 9.47 Å². The van der Waals surface area contributed by atoms with Crippen LogP contribution in [0.1, 0.15) is 33.6 Å². The van der Waals surface area contributed by atoms with Crippen LogP contribution in [0.25, 0.3) is 0 Å². The van der Waals surface area contributed by atoms with Gasteiger partial charge in [0.25, 0.3) is 0 Å². The third kappa shape index (κ3) is 3.05. The van der Waals surface area contributed by atoms with E-state index in [4.69, 9.17) is 9.47 Å². The maximum atomic E-state index is 11.8. The summed E-state index contributed by atoms with van der Waals surface area (Å²) in [6.45, 7) is 7.04. The zero-order valence-electron chi connectivity index (χ0n) is 10.7. The van der Waals surface area contributed by atoms with E-state index in [-0.39, 0.29) is 11.7 Å². The van der Waals surface area contributed by atoms with Crippen molar-refractivity contribution < 1.29 is 14.3 Å². The van der Waals surface area contributed by atoms with Crippen molar-refractivity contribution in [2.24, 2.45) is 0 Å². The molecule has 2 rings (SSSR count). The Morgan fingerprint density at radius 2 is 2.18 bits per heavy atom. The van der Waals surface area contributed by atoms with Gasteiger partial charge in [-0.3, -0.25) is 0 Å². The molecule has 4 nitrogen and oxygen atoms in total. The Morgan fingerprint density at radius 1 is 1.53 bits per heavy atom. The second kappa shape index (κ2) is 4.57. The van der Waals surface area contributed by atoms with Gasteiger partial charge in [-0.15, -0.1) is 0 Å². The molecular weight excluding hydrogens is 333 g/mol. The lowest BCUT2D eigenvalue weighted by atomic mass is 9.91. The van der Waals surface area contributed by atoms with E-state index >= 15 is 0 Å². The molecule has 0 bridgehead atoms. The number of carbonyl (C=O) groups excluding carboxylic acids is 1. The molecule has 0 aromatic carbocycles. The van der Waals surface area contributed by atoms with E-state index in [1.165, 1.54) is 0 Å². The Balaban J connectivity index is 1.81. The summed E-state index contributed by atoms with van der Waals surface area (Å²) in [7, 11) is 0. The molecule has 5 heteroatoms. The second-order valence-electron chi connectivity index (χ2n) is 5.95. The van der Waals surface area contributed by atoms with Gasteiger partial charge in [-0.2, -0.15) is 0 Å². The first-order valence-electron chi connectivity index (χ1n) is 6.05. The smallest absolute Gasteiger partial charge is 0.410 e. The number of alkyl halides is 1. The van der Waals surface area contributed by atoms with Crippen LogP contribution in [0.2, 0.25) is 0 Å². The standard InChI is InChI=1S/C12H20INO3/c1-11(2,3)17-10(15)14-7-12(8-14)5-4-9(6-13)16-12/h9H,4-8H2,1-3H3/t9-/m0/s1. The Morgan fingerprint density at radius 3 is 2.65 bits per heavy atom. The number of ether oxygens (including phenoxy) is 2. The quantitative estimate of drug-likeness (QED) is 0.537. The maximum Gasteiger partial charge on any atom is 0.410 e. The minimum atomic E-state index is -0.416. The molecule has 0 unspecified atom stereocenters. The van der Waals surface area contributed by atoms with Crippen LogP contribution in [0.15, 0.2) is 0 Å². The lowest BCUT2D eigenvalue weighted by Gasteiger charge is -2.47. The molecule has 2 fully saturated rings. The van der Waals surface area contributed by atoms with E-state index in [0.717, 1.165) is 17.3 Å². The second-order valence-corrected chi connectivity index (χ2v) is 6.83. The van der Waals surface area contributed by atoms with E-state index in [1.807, 2.05) is 20.8 Å². The van der Waals surface area contributed by atoms with Crippen LogP contribution in [0.3, 0.4) is 0 Å². The fourth-order valence-corrected chi connectivity index (χ4v) is 2.96. The van der Waals surface area contributed by atoms with E-state index in [9.17, 15) is 4.79 Å². The molecule has 1 atom stereocenters. The highest BCUT2D eigenvalue weighted by Gasteiger charge is 2.51. The molecule has 2 saturated heterocycles. The molecule has 0 radical (unpaired) electrons. The highest BCUT2D eigenvalue weighted by molar-refractivity contribution is 14.1. The van der Waals surface area contributed by atoms with E-state index in [0.29, 0.717) is 19.2 Å². The van der Waals surface area contributed by atoms with Gasteiger partial charge in [0.15, 0.2) is 0 Å². The largest absolute Gasteiger partial charge is 0.444 e. The zero-order valence-corrected chi connectivity index (χ0v) is 12.8. The third-order valence-electron chi connectivity index (χ3n) is 3.12. The summed E-state index contributed by atoms with van der Waals surface area (Å²) < 4.78 is 12.3. The summed E-state index contributed by atoms with van der Waals surface area (Å²) in [5.74, 6) is 0. The number of halogens is 1. The van der Waals surface area contributed by atoms with Crippen LogP contribution in [0.5, 0.6) is 0 Å². The highest BCUT2D eigenvalue weighted by Crippen LogP contribution is 2.39. The van der Waals surface area contributed by atoms with E-state index in [1.54, 1.807) is 4.90 Å². The van der Waals surface area contributed by atoms with Crippen molar-refractivity contribution in [1.82, 2.24) is 4.90 Å². The first-order chi connectivity index (χ1) is 7.84. The predicted octanol–water partition coefficient (Wildman–Crippen LogP) is 2.59. The van der Waals surface area contributed by atoms with Gasteiger partial charge < -0.3 is 14.4 Å². The highest BCUT2D eigenvalue weighted by atomic mass is 127. The molecule has 17 heavy (non-hydrogen) atoms. The van der Waals surface area contributed by atoms with Gasteiger partial charge in [0, 0.05) is 4.43 Å². The van der Waals surface area contributed by atoms with Crippen molar-refractivity contribution in [2.75, 3.05) is 17.5 Å². The lowest BCUT2D eigenvalue weighted by Crippen LogP contribution is -2.64. The topological polar surface area (TPSA) is 38.8 Å². The Bertz CT molecular complexity index is 307. The summed E-state index contributed by atoms with van der Waals surface area (Å²) in [4.78, 5) is 13.5. The normalized spacial score (nSPS) is 27.1.